The minimum Gasteiger partial charge on any atom is -0.472 e. The zero-order valence-electron chi connectivity index (χ0n) is 19.9. The van der Waals surface area contributed by atoms with Gasteiger partial charge >= 0.3 is 0 Å². The first-order valence-corrected chi connectivity index (χ1v) is 15.1. The van der Waals surface area contributed by atoms with Crippen LogP contribution in [0.5, 0.6) is 5.88 Å². The summed E-state index contributed by atoms with van der Waals surface area (Å²) in [5.74, 6) is -0.0531. The van der Waals surface area contributed by atoms with E-state index in [-0.39, 0.29) is 28.6 Å². The summed E-state index contributed by atoms with van der Waals surface area (Å²) in [6, 6.07) is 9.64. The molecule has 0 unspecified atom stereocenters. The highest BCUT2D eigenvalue weighted by Crippen LogP contribution is 2.33. The fourth-order valence-corrected chi connectivity index (χ4v) is 6.67. The number of amides is 1. The number of anilines is 1. The van der Waals surface area contributed by atoms with Crippen molar-refractivity contribution in [1.82, 2.24) is 20.3 Å². The summed E-state index contributed by atoms with van der Waals surface area (Å²) >= 11 is 2.61. The second-order valence-corrected chi connectivity index (χ2v) is 12.9. The van der Waals surface area contributed by atoms with Crippen LogP contribution < -0.4 is 15.4 Å². The topological polar surface area (TPSA) is 145 Å². The molecule has 11 nitrogen and oxygen atoms in total. The number of ether oxygens (including phenoxy) is 1. The predicted octanol–water partition coefficient (Wildman–Crippen LogP) is 2.99. The average molecular weight is 571 g/mol. The Morgan fingerprint density at radius 3 is 2.63 bits per heavy atom. The number of nitrogens with zero attached hydrogens (tertiary/aromatic N) is 4. The van der Waals surface area contributed by atoms with Crippen molar-refractivity contribution in [2.45, 2.75) is 35.7 Å². The number of nitrogens with one attached hydrogen (secondary N) is 2. The van der Waals surface area contributed by atoms with Gasteiger partial charge in [-0.1, -0.05) is 28.6 Å². The molecule has 1 amide bonds. The first kappa shape index (κ1) is 24.9. The van der Waals surface area contributed by atoms with Crippen molar-refractivity contribution >= 4 is 59.6 Å². The predicted molar refractivity (Wildman–Crippen MR) is 143 cm³/mol. The maximum absolute atomic E-state index is 13.3. The molecule has 196 valence electrons. The van der Waals surface area contributed by atoms with Gasteiger partial charge in [-0.15, -0.1) is 11.3 Å². The van der Waals surface area contributed by atoms with Crippen molar-refractivity contribution in [3.63, 3.8) is 0 Å². The zero-order valence-corrected chi connectivity index (χ0v) is 22.3. The Labute approximate surface area is 225 Å². The lowest BCUT2D eigenvalue weighted by molar-refractivity contribution is -0.110. The van der Waals surface area contributed by atoms with E-state index in [2.05, 4.69) is 30.7 Å². The molecule has 1 saturated carbocycles. The third-order valence-electron chi connectivity index (χ3n) is 5.94. The number of oxime groups is 1. The van der Waals surface area contributed by atoms with E-state index >= 15 is 0 Å². The van der Waals surface area contributed by atoms with Crippen molar-refractivity contribution in [1.29, 1.82) is 0 Å². The molecule has 1 aromatic carbocycles. The van der Waals surface area contributed by atoms with E-state index in [0.29, 0.717) is 44.8 Å². The molecule has 0 atom stereocenters. The van der Waals surface area contributed by atoms with Gasteiger partial charge in [-0.3, -0.25) is 10.1 Å². The molecule has 6 rings (SSSR count). The fourth-order valence-electron chi connectivity index (χ4n) is 3.67. The lowest BCUT2D eigenvalue weighted by atomic mass is 10.1. The van der Waals surface area contributed by atoms with Gasteiger partial charge in [0.1, 0.15) is 21.5 Å². The number of hydrogen-bond acceptors (Lipinski definition) is 12. The number of carbonyl (C=O) groups excluding carboxylic acids is 1. The van der Waals surface area contributed by atoms with Crippen molar-refractivity contribution in [3.8, 4) is 5.88 Å². The molecule has 2 fully saturated rings. The molecule has 14 heteroatoms. The van der Waals surface area contributed by atoms with Gasteiger partial charge in [0.2, 0.25) is 5.88 Å². The van der Waals surface area contributed by atoms with Crippen molar-refractivity contribution in [2.24, 2.45) is 5.16 Å². The standard InChI is InChI=1S/C24H22N6O5S3/c31-22(29-24-27-18-7-8-19(28-23(18)37-24)35-15-11-25-12-15)21(30-34-13-20-26-9-10-36-20)14-1-3-16(4-2-14)38(32,33)17-5-6-17/h1-4,7-10,15,17,25H,5-6,11-13H2,(H,27,29,31). The molecule has 4 heterocycles. The Kier molecular flexibility index (Phi) is 6.78. The minimum atomic E-state index is -3.36. The van der Waals surface area contributed by atoms with Crippen molar-refractivity contribution in [3.05, 3.63) is 58.5 Å². The third-order valence-corrected chi connectivity index (χ3v) is 9.86. The van der Waals surface area contributed by atoms with E-state index in [1.165, 1.54) is 34.8 Å². The van der Waals surface area contributed by atoms with Crippen LogP contribution in [0.4, 0.5) is 5.13 Å². The molecule has 3 aromatic heterocycles. The number of pyridine rings is 1. The molecule has 0 bridgehead atoms. The van der Waals surface area contributed by atoms with Gasteiger partial charge in [0.15, 0.2) is 27.3 Å². The molecule has 2 N–H and O–H groups in total. The van der Waals surface area contributed by atoms with Gasteiger partial charge in [-0.2, -0.15) is 0 Å². The summed E-state index contributed by atoms with van der Waals surface area (Å²) in [7, 11) is -3.36. The van der Waals surface area contributed by atoms with Gasteiger partial charge in [-0.25, -0.2) is 23.4 Å². The SMILES string of the molecule is O=C(Nc1nc2ccc(OC3CNC3)nc2s1)C(=NOCc1nccs1)c1ccc(S(=O)(=O)C2CC2)cc1. The van der Waals surface area contributed by atoms with E-state index < -0.39 is 15.7 Å². The Morgan fingerprint density at radius 1 is 1.13 bits per heavy atom. The van der Waals surface area contributed by atoms with Gasteiger partial charge in [0.05, 0.1) is 10.1 Å². The molecular formula is C24H22N6O5S3. The molecule has 1 aliphatic heterocycles. The Balaban J connectivity index is 1.23. The van der Waals surface area contributed by atoms with E-state index in [4.69, 9.17) is 9.57 Å². The van der Waals surface area contributed by atoms with Crippen LogP contribution in [0, 0.1) is 0 Å². The van der Waals surface area contributed by atoms with Gasteiger partial charge in [0, 0.05) is 36.3 Å². The summed E-state index contributed by atoms with van der Waals surface area (Å²) in [6.45, 7) is 1.65. The van der Waals surface area contributed by atoms with Crippen molar-refractivity contribution < 1.29 is 22.8 Å². The lowest BCUT2D eigenvalue weighted by Gasteiger charge is -2.27. The van der Waals surface area contributed by atoms with Crippen LogP contribution in [0.3, 0.4) is 0 Å². The number of rotatable bonds is 10. The highest BCUT2D eigenvalue weighted by molar-refractivity contribution is 7.92. The van der Waals surface area contributed by atoms with Crippen LogP contribution >= 0.6 is 22.7 Å². The number of sulfone groups is 1. The molecule has 1 saturated heterocycles. The van der Waals surface area contributed by atoms with E-state index in [1.54, 1.807) is 30.5 Å². The third kappa shape index (κ3) is 5.38. The summed E-state index contributed by atoms with van der Waals surface area (Å²) < 4.78 is 31.0. The second-order valence-electron chi connectivity index (χ2n) is 8.75. The van der Waals surface area contributed by atoms with Crippen LogP contribution in [0.1, 0.15) is 23.4 Å². The molecule has 4 aromatic rings. The monoisotopic (exact) mass is 570 g/mol. The highest BCUT2D eigenvalue weighted by Gasteiger charge is 2.36. The number of fused-ring (bicyclic) bond motifs is 1. The van der Waals surface area contributed by atoms with Crippen molar-refractivity contribution in [2.75, 3.05) is 18.4 Å². The number of carbonyl (C=O) groups is 1. The lowest BCUT2D eigenvalue weighted by Crippen LogP contribution is -2.50. The van der Waals surface area contributed by atoms with Crippen LogP contribution in [0.25, 0.3) is 10.3 Å². The zero-order chi connectivity index (χ0) is 26.1. The van der Waals surface area contributed by atoms with E-state index in [9.17, 15) is 13.2 Å². The summed E-state index contributed by atoms with van der Waals surface area (Å²) in [5.41, 5.74) is 1.00. The molecule has 0 spiro atoms. The summed E-state index contributed by atoms with van der Waals surface area (Å²) in [6.07, 6.45) is 3.10. The molecule has 38 heavy (non-hydrogen) atoms. The van der Waals surface area contributed by atoms with E-state index in [0.717, 1.165) is 13.1 Å². The number of aromatic nitrogens is 3. The van der Waals surface area contributed by atoms with Gasteiger partial charge < -0.3 is 14.9 Å². The Bertz CT molecular complexity index is 1590. The number of hydrogen-bond donors (Lipinski definition) is 2. The van der Waals surface area contributed by atoms with Gasteiger partial charge in [0.25, 0.3) is 5.91 Å². The number of benzene rings is 1. The smallest absolute Gasteiger partial charge is 0.280 e. The minimum absolute atomic E-state index is 0.0225. The summed E-state index contributed by atoms with van der Waals surface area (Å²) in [4.78, 5) is 32.7. The molecular weight excluding hydrogens is 549 g/mol. The Morgan fingerprint density at radius 2 is 1.95 bits per heavy atom. The number of thiazole rings is 2. The normalized spacial score (nSPS) is 16.3. The average Bonchev–Trinajstić information content (AvgIpc) is 3.49. The maximum Gasteiger partial charge on any atom is 0.280 e. The van der Waals surface area contributed by atoms with Crippen LogP contribution in [-0.4, -0.2) is 59.4 Å². The highest BCUT2D eigenvalue weighted by atomic mass is 32.2. The van der Waals surface area contributed by atoms with E-state index in [1.807, 2.05) is 5.38 Å². The first-order valence-electron chi connectivity index (χ1n) is 11.8. The first-order chi connectivity index (χ1) is 18.5. The van der Waals surface area contributed by atoms with Crippen LogP contribution in [0.15, 0.2) is 58.0 Å². The Hall–Kier alpha value is -3.46. The fraction of sp³-hybridized carbons (Fsp3) is 0.292. The molecule has 1 aliphatic carbocycles. The summed E-state index contributed by atoms with van der Waals surface area (Å²) in [5, 5.41) is 12.5. The quantitative estimate of drug-likeness (QED) is 0.217. The van der Waals surface area contributed by atoms with Crippen LogP contribution in [0.2, 0.25) is 0 Å². The largest absolute Gasteiger partial charge is 0.472 e. The molecule has 2 aliphatic rings. The van der Waals surface area contributed by atoms with Crippen LogP contribution in [-0.2, 0) is 26.1 Å². The maximum atomic E-state index is 13.3. The second kappa shape index (κ2) is 10.4. The molecule has 0 radical (unpaired) electrons. The van der Waals surface area contributed by atoms with Gasteiger partial charge in [-0.05, 0) is 31.0 Å².